The summed E-state index contributed by atoms with van der Waals surface area (Å²) in [5.74, 6) is -0.455. The van der Waals surface area contributed by atoms with Crippen molar-refractivity contribution in [3.8, 4) is 0 Å². The van der Waals surface area contributed by atoms with Crippen molar-refractivity contribution in [3.63, 3.8) is 0 Å². The molecule has 0 spiro atoms. The molecule has 0 unspecified atom stereocenters. The lowest BCUT2D eigenvalue weighted by atomic mass is 10.1. The van der Waals surface area contributed by atoms with Crippen molar-refractivity contribution in [1.29, 1.82) is 0 Å². The number of carbonyl (C=O) groups excluding carboxylic acids is 2. The predicted octanol–water partition coefficient (Wildman–Crippen LogP) is 4.04. The lowest BCUT2D eigenvalue weighted by molar-refractivity contribution is 0.101. The van der Waals surface area contributed by atoms with E-state index >= 15 is 0 Å². The number of anilines is 2. The molecule has 0 bridgehead atoms. The molecule has 26 heavy (non-hydrogen) atoms. The standard InChI is InChI=1S/C19H19ClFN3O2/c1-13(25)14-2-4-15(5-3-14)22-19(26)24-10-8-23(9-11-24)16-6-7-18(21)17(20)12-16/h2-7,12H,8-11H2,1H3,(H,22,26). The summed E-state index contributed by atoms with van der Waals surface area (Å²) in [6, 6.07) is 11.3. The maximum absolute atomic E-state index is 13.3. The van der Waals surface area contributed by atoms with Gasteiger partial charge in [0, 0.05) is 43.1 Å². The molecule has 3 rings (SSSR count). The van der Waals surface area contributed by atoms with Gasteiger partial charge in [0.25, 0.3) is 0 Å². The minimum Gasteiger partial charge on any atom is -0.368 e. The van der Waals surface area contributed by atoms with E-state index in [0.717, 1.165) is 5.69 Å². The fourth-order valence-corrected chi connectivity index (χ4v) is 3.02. The van der Waals surface area contributed by atoms with Crippen LogP contribution in [0.15, 0.2) is 42.5 Å². The molecule has 0 saturated carbocycles. The van der Waals surface area contributed by atoms with Crippen LogP contribution in [0.25, 0.3) is 0 Å². The highest BCUT2D eigenvalue weighted by atomic mass is 35.5. The zero-order valence-corrected chi connectivity index (χ0v) is 15.1. The van der Waals surface area contributed by atoms with Gasteiger partial charge in [0.2, 0.25) is 0 Å². The Kier molecular flexibility index (Phi) is 5.42. The fourth-order valence-electron chi connectivity index (χ4n) is 2.84. The van der Waals surface area contributed by atoms with Crippen molar-refractivity contribution < 1.29 is 14.0 Å². The maximum Gasteiger partial charge on any atom is 0.321 e. The Morgan fingerprint density at radius 3 is 2.27 bits per heavy atom. The molecule has 1 saturated heterocycles. The van der Waals surface area contributed by atoms with E-state index in [1.54, 1.807) is 41.3 Å². The van der Waals surface area contributed by atoms with E-state index in [0.29, 0.717) is 37.4 Å². The molecular weight excluding hydrogens is 357 g/mol. The van der Waals surface area contributed by atoms with Crippen LogP contribution in [-0.4, -0.2) is 42.9 Å². The second kappa shape index (κ2) is 7.74. The van der Waals surface area contributed by atoms with Gasteiger partial charge in [-0.25, -0.2) is 9.18 Å². The largest absolute Gasteiger partial charge is 0.368 e. The zero-order valence-electron chi connectivity index (χ0n) is 14.3. The third kappa shape index (κ3) is 4.14. The van der Waals surface area contributed by atoms with Crippen LogP contribution in [0.1, 0.15) is 17.3 Å². The molecule has 2 aromatic rings. The number of Topliss-reactive ketones (excluding diaryl/α,β-unsaturated/α-hetero) is 1. The highest BCUT2D eigenvalue weighted by molar-refractivity contribution is 6.31. The number of hydrogen-bond acceptors (Lipinski definition) is 3. The van der Waals surface area contributed by atoms with Gasteiger partial charge in [-0.05, 0) is 49.4 Å². The van der Waals surface area contributed by atoms with E-state index in [1.807, 2.05) is 0 Å². The van der Waals surface area contributed by atoms with E-state index in [1.165, 1.54) is 13.0 Å². The molecule has 1 heterocycles. The average Bonchev–Trinajstić information content (AvgIpc) is 2.64. The molecule has 1 fully saturated rings. The summed E-state index contributed by atoms with van der Waals surface area (Å²) in [5.41, 5.74) is 2.10. The van der Waals surface area contributed by atoms with Gasteiger partial charge in [-0.3, -0.25) is 4.79 Å². The number of urea groups is 1. The van der Waals surface area contributed by atoms with Crippen molar-refractivity contribution >= 4 is 34.8 Å². The minimum atomic E-state index is -0.441. The summed E-state index contributed by atoms with van der Waals surface area (Å²) in [4.78, 5) is 27.5. The Labute approximate surface area is 156 Å². The first-order valence-corrected chi connectivity index (χ1v) is 8.69. The quantitative estimate of drug-likeness (QED) is 0.824. The molecule has 7 heteroatoms. The van der Waals surface area contributed by atoms with E-state index in [2.05, 4.69) is 10.2 Å². The van der Waals surface area contributed by atoms with E-state index < -0.39 is 5.82 Å². The van der Waals surface area contributed by atoms with Crippen LogP contribution >= 0.6 is 11.6 Å². The molecule has 136 valence electrons. The number of ketones is 1. The van der Waals surface area contributed by atoms with Crippen molar-refractivity contribution in [2.24, 2.45) is 0 Å². The summed E-state index contributed by atoms with van der Waals surface area (Å²) in [5, 5.41) is 2.93. The predicted molar refractivity (Wildman–Crippen MR) is 101 cm³/mol. The van der Waals surface area contributed by atoms with Gasteiger partial charge >= 0.3 is 6.03 Å². The number of carbonyl (C=O) groups is 2. The van der Waals surface area contributed by atoms with Crippen molar-refractivity contribution in [2.75, 3.05) is 36.4 Å². The highest BCUT2D eigenvalue weighted by Crippen LogP contribution is 2.23. The van der Waals surface area contributed by atoms with Crippen LogP contribution in [0.2, 0.25) is 5.02 Å². The summed E-state index contributed by atoms with van der Waals surface area (Å²) in [6.07, 6.45) is 0. The number of amides is 2. The molecular formula is C19H19ClFN3O2. The number of nitrogens with one attached hydrogen (secondary N) is 1. The van der Waals surface area contributed by atoms with Crippen LogP contribution in [0.3, 0.4) is 0 Å². The second-order valence-electron chi connectivity index (χ2n) is 6.14. The topological polar surface area (TPSA) is 52.7 Å². The number of rotatable bonds is 3. The van der Waals surface area contributed by atoms with Crippen LogP contribution in [-0.2, 0) is 0 Å². The normalized spacial score (nSPS) is 14.3. The van der Waals surface area contributed by atoms with Crippen LogP contribution in [0, 0.1) is 5.82 Å². The number of piperazine rings is 1. The van der Waals surface area contributed by atoms with Gasteiger partial charge in [0.15, 0.2) is 5.78 Å². The fraction of sp³-hybridized carbons (Fsp3) is 0.263. The van der Waals surface area contributed by atoms with Gasteiger partial charge in [-0.2, -0.15) is 0 Å². The highest BCUT2D eigenvalue weighted by Gasteiger charge is 2.21. The molecule has 1 N–H and O–H groups in total. The number of halogens is 2. The Morgan fingerprint density at radius 2 is 1.69 bits per heavy atom. The molecule has 1 aliphatic heterocycles. The van der Waals surface area contributed by atoms with Gasteiger partial charge in [0.1, 0.15) is 5.82 Å². The average molecular weight is 376 g/mol. The number of nitrogens with zero attached hydrogens (tertiary/aromatic N) is 2. The first kappa shape index (κ1) is 18.2. The van der Waals surface area contributed by atoms with E-state index in [4.69, 9.17) is 11.6 Å². The minimum absolute atomic E-state index is 0.0140. The molecule has 2 amide bonds. The second-order valence-corrected chi connectivity index (χ2v) is 6.54. The summed E-state index contributed by atoms with van der Waals surface area (Å²) < 4.78 is 13.3. The summed E-state index contributed by atoms with van der Waals surface area (Å²) >= 11 is 5.84. The monoisotopic (exact) mass is 375 g/mol. The van der Waals surface area contributed by atoms with E-state index in [-0.39, 0.29) is 16.8 Å². The molecule has 2 aromatic carbocycles. The SMILES string of the molecule is CC(=O)c1ccc(NC(=O)N2CCN(c3ccc(F)c(Cl)c3)CC2)cc1. The first-order valence-electron chi connectivity index (χ1n) is 8.31. The van der Waals surface area contributed by atoms with Gasteiger partial charge in [-0.15, -0.1) is 0 Å². The molecule has 1 aliphatic rings. The number of benzene rings is 2. The zero-order chi connectivity index (χ0) is 18.7. The van der Waals surface area contributed by atoms with Crippen molar-refractivity contribution in [2.45, 2.75) is 6.92 Å². The Hall–Kier alpha value is -2.60. The van der Waals surface area contributed by atoms with Crippen LogP contribution in [0.5, 0.6) is 0 Å². The maximum atomic E-state index is 13.3. The molecule has 0 radical (unpaired) electrons. The van der Waals surface area contributed by atoms with Gasteiger partial charge < -0.3 is 15.1 Å². The third-order valence-electron chi connectivity index (χ3n) is 4.38. The first-order chi connectivity index (χ1) is 12.4. The van der Waals surface area contributed by atoms with Crippen molar-refractivity contribution in [3.05, 3.63) is 58.9 Å². The Bertz CT molecular complexity index is 818. The third-order valence-corrected chi connectivity index (χ3v) is 4.67. The van der Waals surface area contributed by atoms with Gasteiger partial charge in [-0.1, -0.05) is 11.6 Å². The van der Waals surface area contributed by atoms with Crippen LogP contribution < -0.4 is 10.2 Å². The van der Waals surface area contributed by atoms with Gasteiger partial charge in [0.05, 0.1) is 5.02 Å². The summed E-state index contributed by atoms with van der Waals surface area (Å²) in [6.45, 7) is 3.87. The Balaban J connectivity index is 1.56. The smallest absolute Gasteiger partial charge is 0.321 e. The van der Waals surface area contributed by atoms with Crippen molar-refractivity contribution in [1.82, 2.24) is 4.90 Å². The Morgan fingerprint density at radius 1 is 1.04 bits per heavy atom. The molecule has 0 aliphatic carbocycles. The summed E-state index contributed by atoms with van der Waals surface area (Å²) in [7, 11) is 0. The lowest BCUT2D eigenvalue weighted by Crippen LogP contribution is -2.50. The molecule has 0 atom stereocenters. The van der Waals surface area contributed by atoms with E-state index in [9.17, 15) is 14.0 Å². The molecule has 0 aromatic heterocycles. The van der Waals surface area contributed by atoms with Crippen LogP contribution in [0.4, 0.5) is 20.6 Å². The molecule has 5 nitrogen and oxygen atoms in total. The number of hydrogen-bond donors (Lipinski definition) is 1. The lowest BCUT2D eigenvalue weighted by Gasteiger charge is -2.36.